The summed E-state index contributed by atoms with van der Waals surface area (Å²) in [6.45, 7) is 7.76. The molecule has 0 bridgehead atoms. The highest BCUT2D eigenvalue weighted by Crippen LogP contribution is 2.21. The summed E-state index contributed by atoms with van der Waals surface area (Å²) in [5.41, 5.74) is 2.19. The molecule has 1 aromatic heterocycles. The molecule has 2 saturated heterocycles. The Morgan fingerprint density at radius 2 is 1.67 bits per heavy atom. The number of nitrogens with zero attached hydrogens (tertiary/aromatic N) is 5. The second-order valence-corrected chi connectivity index (χ2v) is 10.4. The van der Waals surface area contributed by atoms with Crippen molar-refractivity contribution in [3.05, 3.63) is 46.8 Å². The van der Waals surface area contributed by atoms with Crippen molar-refractivity contribution in [1.29, 1.82) is 0 Å². The second kappa shape index (κ2) is 9.80. The molecule has 2 aromatic rings. The minimum absolute atomic E-state index is 0.130. The molecule has 0 atom stereocenters. The van der Waals surface area contributed by atoms with E-state index in [1.54, 1.807) is 33.5 Å². The fourth-order valence-electron chi connectivity index (χ4n) is 4.07. The fourth-order valence-corrected chi connectivity index (χ4v) is 5.65. The van der Waals surface area contributed by atoms with Crippen LogP contribution >= 0.6 is 0 Å². The number of amides is 1. The Kier molecular flexibility index (Phi) is 7.03. The van der Waals surface area contributed by atoms with E-state index < -0.39 is 10.2 Å². The van der Waals surface area contributed by atoms with E-state index in [1.807, 2.05) is 20.9 Å². The van der Waals surface area contributed by atoms with Crippen molar-refractivity contribution in [2.45, 2.75) is 20.5 Å². The Labute approximate surface area is 194 Å². The molecule has 10 nitrogen and oxygen atoms in total. The highest BCUT2D eigenvalue weighted by Gasteiger charge is 2.34. The maximum Gasteiger partial charge on any atom is 0.282 e. The van der Waals surface area contributed by atoms with Gasteiger partial charge >= 0.3 is 0 Å². The first kappa shape index (κ1) is 23.7. The molecule has 0 saturated carbocycles. The SMILES string of the molecule is Cc1noc(C)c1COc1cccc(C(=O)N2CCN(S(=O)(=O)N3CCN(C)CC3)CC2)c1. The van der Waals surface area contributed by atoms with Gasteiger partial charge in [0.25, 0.3) is 16.1 Å². The van der Waals surface area contributed by atoms with Crippen LogP contribution in [0.1, 0.15) is 27.4 Å². The first-order valence-corrected chi connectivity index (χ1v) is 12.5. The summed E-state index contributed by atoms with van der Waals surface area (Å²) in [5, 5.41) is 3.92. The zero-order valence-electron chi connectivity index (χ0n) is 19.4. The van der Waals surface area contributed by atoms with Crippen LogP contribution in [0, 0.1) is 13.8 Å². The third-order valence-electron chi connectivity index (χ3n) is 6.29. The highest BCUT2D eigenvalue weighted by molar-refractivity contribution is 7.86. The highest BCUT2D eigenvalue weighted by atomic mass is 32.2. The average Bonchev–Trinajstić information content (AvgIpc) is 3.15. The largest absolute Gasteiger partial charge is 0.489 e. The normalized spacial score (nSPS) is 19.1. The number of hydrogen-bond donors (Lipinski definition) is 0. The first-order chi connectivity index (χ1) is 15.8. The molecule has 0 spiro atoms. The molecule has 3 heterocycles. The van der Waals surface area contributed by atoms with Crippen molar-refractivity contribution in [1.82, 2.24) is 23.6 Å². The number of carbonyl (C=O) groups is 1. The average molecular weight is 478 g/mol. The van der Waals surface area contributed by atoms with Gasteiger partial charge in [0.05, 0.1) is 11.3 Å². The van der Waals surface area contributed by atoms with Gasteiger partial charge in [0, 0.05) is 57.9 Å². The van der Waals surface area contributed by atoms with Crippen molar-refractivity contribution >= 4 is 16.1 Å². The van der Waals surface area contributed by atoms with Gasteiger partial charge in [0.2, 0.25) is 0 Å². The smallest absolute Gasteiger partial charge is 0.282 e. The standard InChI is InChI=1S/C22H31N5O5S/c1-17-21(18(2)32-23-17)16-31-20-6-4-5-19(15-20)22(28)25-9-13-27(14-10-25)33(29,30)26-11-7-24(3)8-12-26/h4-6,15H,7-14,16H2,1-3H3. The van der Waals surface area contributed by atoms with Crippen LogP contribution in [0.15, 0.2) is 28.8 Å². The summed E-state index contributed by atoms with van der Waals surface area (Å²) in [5.74, 6) is 1.16. The third kappa shape index (κ3) is 5.21. The van der Waals surface area contributed by atoms with Gasteiger partial charge in [0.1, 0.15) is 18.1 Å². The van der Waals surface area contributed by atoms with Crippen LogP contribution in [0.2, 0.25) is 0 Å². The van der Waals surface area contributed by atoms with Crippen molar-refractivity contribution in [3.63, 3.8) is 0 Å². The lowest BCUT2D eigenvalue weighted by Gasteiger charge is -2.39. The minimum atomic E-state index is -3.50. The minimum Gasteiger partial charge on any atom is -0.489 e. The third-order valence-corrected chi connectivity index (χ3v) is 8.32. The van der Waals surface area contributed by atoms with E-state index >= 15 is 0 Å². The molecule has 33 heavy (non-hydrogen) atoms. The summed E-state index contributed by atoms with van der Waals surface area (Å²) in [6, 6.07) is 7.05. The molecule has 0 radical (unpaired) electrons. The van der Waals surface area contributed by atoms with Crippen molar-refractivity contribution < 1.29 is 22.5 Å². The molecule has 2 fully saturated rings. The zero-order valence-corrected chi connectivity index (χ0v) is 20.2. The van der Waals surface area contributed by atoms with Crippen LogP contribution < -0.4 is 4.74 Å². The number of ether oxygens (including phenoxy) is 1. The molecule has 1 aromatic carbocycles. The molecule has 11 heteroatoms. The Morgan fingerprint density at radius 3 is 2.27 bits per heavy atom. The summed E-state index contributed by atoms with van der Waals surface area (Å²) in [4.78, 5) is 16.9. The Hall–Kier alpha value is -2.47. The van der Waals surface area contributed by atoms with Crippen LogP contribution in [-0.2, 0) is 16.8 Å². The molecular weight excluding hydrogens is 446 g/mol. The maximum atomic E-state index is 13.0. The molecule has 0 unspecified atom stereocenters. The number of aryl methyl sites for hydroxylation is 2. The van der Waals surface area contributed by atoms with Crippen LogP contribution in [0.3, 0.4) is 0 Å². The number of rotatable bonds is 6. The van der Waals surface area contributed by atoms with Gasteiger partial charge in [-0.1, -0.05) is 11.2 Å². The quantitative estimate of drug-likeness (QED) is 0.615. The van der Waals surface area contributed by atoms with E-state index in [9.17, 15) is 13.2 Å². The summed E-state index contributed by atoms with van der Waals surface area (Å²) in [6.07, 6.45) is 0. The molecule has 4 rings (SSSR count). The summed E-state index contributed by atoms with van der Waals surface area (Å²) < 4.78 is 40.0. The molecular formula is C22H31N5O5S. The lowest BCUT2D eigenvalue weighted by atomic mass is 10.1. The topological polar surface area (TPSA) is 99.4 Å². The Bertz CT molecular complexity index is 1070. The van der Waals surface area contributed by atoms with Crippen LogP contribution in [0.5, 0.6) is 5.75 Å². The number of benzene rings is 1. The number of aromatic nitrogens is 1. The van der Waals surface area contributed by atoms with Gasteiger partial charge < -0.3 is 19.1 Å². The Morgan fingerprint density at radius 1 is 1.03 bits per heavy atom. The molecule has 0 N–H and O–H groups in total. The van der Waals surface area contributed by atoms with E-state index in [4.69, 9.17) is 9.26 Å². The van der Waals surface area contributed by atoms with E-state index in [0.29, 0.717) is 62.9 Å². The number of piperazine rings is 2. The van der Waals surface area contributed by atoms with Gasteiger partial charge in [-0.05, 0) is 39.1 Å². The second-order valence-electron chi connectivity index (χ2n) is 8.52. The predicted molar refractivity (Wildman–Crippen MR) is 122 cm³/mol. The van der Waals surface area contributed by atoms with E-state index in [2.05, 4.69) is 10.1 Å². The van der Waals surface area contributed by atoms with Gasteiger partial charge in [-0.3, -0.25) is 4.79 Å². The number of likely N-dealkylation sites (N-methyl/N-ethyl adjacent to an activating group) is 1. The van der Waals surface area contributed by atoms with Gasteiger partial charge in [-0.15, -0.1) is 0 Å². The van der Waals surface area contributed by atoms with E-state index in [-0.39, 0.29) is 5.91 Å². The fraction of sp³-hybridized carbons (Fsp3) is 0.545. The first-order valence-electron chi connectivity index (χ1n) is 11.1. The van der Waals surface area contributed by atoms with E-state index in [0.717, 1.165) is 24.3 Å². The lowest BCUT2D eigenvalue weighted by Crippen LogP contribution is -2.57. The van der Waals surface area contributed by atoms with Crippen molar-refractivity contribution in [2.24, 2.45) is 0 Å². The number of carbonyl (C=O) groups excluding carboxylic acids is 1. The van der Waals surface area contributed by atoms with Gasteiger partial charge in [-0.25, -0.2) is 0 Å². The molecule has 1 amide bonds. The van der Waals surface area contributed by atoms with Crippen molar-refractivity contribution in [3.8, 4) is 5.75 Å². The van der Waals surface area contributed by atoms with Gasteiger partial charge in [-0.2, -0.15) is 17.0 Å². The summed E-state index contributed by atoms with van der Waals surface area (Å²) >= 11 is 0. The lowest BCUT2D eigenvalue weighted by molar-refractivity contribution is 0.0691. The van der Waals surface area contributed by atoms with Crippen molar-refractivity contribution in [2.75, 3.05) is 59.4 Å². The van der Waals surface area contributed by atoms with Crippen LogP contribution in [0.25, 0.3) is 0 Å². The molecule has 180 valence electrons. The maximum absolute atomic E-state index is 13.0. The zero-order chi connectivity index (χ0) is 23.6. The predicted octanol–water partition coefficient (Wildman–Crippen LogP) is 1.12. The van der Waals surface area contributed by atoms with Crippen LogP contribution in [-0.4, -0.2) is 97.3 Å². The van der Waals surface area contributed by atoms with Crippen LogP contribution in [0.4, 0.5) is 0 Å². The summed E-state index contributed by atoms with van der Waals surface area (Å²) in [7, 11) is -1.50. The molecule has 2 aliphatic heterocycles. The number of hydrogen-bond acceptors (Lipinski definition) is 7. The monoisotopic (exact) mass is 477 g/mol. The molecule has 2 aliphatic rings. The molecule has 0 aliphatic carbocycles. The van der Waals surface area contributed by atoms with E-state index in [1.165, 1.54) is 4.31 Å². The van der Waals surface area contributed by atoms with Gasteiger partial charge in [0.15, 0.2) is 0 Å². The Balaban J connectivity index is 1.34.